The van der Waals surface area contributed by atoms with Gasteiger partial charge in [-0.05, 0) is 31.4 Å². The molecule has 1 rings (SSSR count). The minimum absolute atomic E-state index is 0.252. The molecule has 0 amide bonds. The molecule has 0 fully saturated rings. The van der Waals surface area contributed by atoms with Crippen molar-refractivity contribution in [2.24, 2.45) is 5.92 Å². The highest BCUT2D eigenvalue weighted by molar-refractivity contribution is 4.78. The maximum Gasteiger partial charge on any atom is 0.0860 e. The first-order valence-corrected chi connectivity index (χ1v) is 6.19. The van der Waals surface area contributed by atoms with E-state index in [0.717, 1.165) is 19.4 Å². The van der Waals surface area contributed by atoms with Gasteiger partial charge in [0.15, 0.2) is 0 Å². The second-order valence-corrected chi connectivity index (χ2v) is 4.52. The fourth-order valence-electron chi connectivity index (χ4n) is 1.62. The third-order valence-electron chi connectivity index (χ3n) is 2.70. The SMILES string of the molecule is CC(CO)CCCNCC(O)Cn1cccn1. The molecule has 1 aromatic heterocycles. The number of hydrogen-bond donors (Lipinski definition) is 3. The van der Waals surface area contributed by atoms with Crippen molar-refractivity contribution in [3.8, 4) is 0 Å². The number of aromatic nitrogens is 2. The fraction of sp³-hybridized carbons (Fsp3) is 0.750. The summed E-state index contributed by atoms with van der Waals surface area (Å²) in [6, 6.07) is 1.84. The van der Waals surface area contributed by atoms with Crippen LogP contribution in [0.15, 0.2) is 18.5 Å². The average Bonchev–Trinajstić information content (AvgIpc) is 2.81. The van der Waals surface area contributed by atoms with Gasteiger partial charge in [0, 0.05) is 25.5 Å². The lowest BCUT2D eigenvalue weighted by Crippen LogP contribution is -2.31. The second-order valence-electron chi connectivity index (χ2n) is 4.52. The van der Waals surface area contributed by atoms with Gasteiger partial charge >= 0.3 is 0 Å². The van der Waals surface area contributed by atoms with Crippen LogP contribution in [-0.2, 0) is 6.54 Å². The topological polar surface area (TPSA) is 70.3 Å². The summed E-state index contributed by atoms with van der Waals surface area (Å²) in [5.41, 5.74) is 0. The predicted molar refractivity (Wildman–Crippen MR) is 66.6 cm³/mol. The quantitative estimate of drug-likeness (QED) is 0.542. The molecule has 0 aliphatic heterocycles. The first-order valence-electron chi connectivity index (χ1n) is 6.19. The molecule has 0 spiro atoms. The van der Waals surface area contributed by atoms with E-state index >= 15 is 0 Å². The molecule has 0 radical (unpaired) electrons. The third-order valence-corrected chi connectivity index (χ3v) is 2.70. The number of aliphatic hydroxyl groups is 2. The van der Waals surface area contributed by atoms with Crippen LogP contribution in [-0.4, -0.2) is 45.8 Å². The molecular formula is C12H23N3O2. The van der Waals surface area contributed by atoms with E-state index in [1.807, 2.05) is 19.2 Å². The van der Waals surface area contributed by atoms with Gasteiger partial charge in [0.05, 0.1) is 12.6 Å². The Balaban J connectivity index is 1.99. The molecular weight excluding hydrogens is 218 g/mol. The van der Waals surface area contributed by atoms with Gasteiger partial charge in [-0.1, -0.05) is 6.92 Å². The lowest BCUT2D eigenvalue weighted by Gasteiger charge is -2.12. The van der Waals surface area contributed by atoms with E-state index < -0.39 is 6.10 Å². The number of hydrogen-bond acceptors (Lipinski definition) is 4. The van der Waals surface area contributed by atoms with Crippen molar-refractivity contribution in [3.63, 3.8) is 0 Å². The van der Waals surface area contributed by atoms with Gasteiger partial charge in [-0.2, -0.15) is 5.10 Å². The van der Waals surface area contributed by atoms with E-state index in [2.05, 4.69) is 10.4 Å². The summed E-state index contributed by atoms with van der Waals surface area (Å²) in [5.74, 6) is 0.366. The average molecular weight is 241 g/mol. The summed E-state index contributed by atoms with van der Waals surface area (Å²) in [5, 5.41) is 25.8. The molecule has 2 unspecified atom stereocenters. The zero-order valence-electron chi connectivity index (χ0n) is 10.4. The van der Waals surface area contributed by atoms with E-state index in [4.69, 9.17) is 5.11 Å². The Morgan fingerprint density at radius 3 is 2.94 bits per heavy atom. The highest BCUT2D eigenvalue weighted by Crippen LogP contribution is 2.02. The van der Waals surface area contributed by atoms with Crippen LogP contribution < -0.4 is 5.32 Å². The molecule has 5 heteroatoms. The molecule has 0 aromatic carbocycles. The summed E-state index contributed by atoms with van der Waals surface area (Å²) < 4.78 is 1.72. The number of nitrogens with zero attached hydrogens (tertiary/aromatic N) is 2. The first kappa shape index (κ1) is 14.2. The van der Waals surface area contributed by atoms with Crippen LogP contribution in [0.25, 0.3) is 0 Å². The molecule has 3 N–H and O–H groups in total. The Morgan fingerprint density at radius 2 is 2.29 bits per heavy atom. The second kappa shape index (κ2) is 8.22. The van der Waals surface area contributed by atoms with E-state index in [-0.39, 0.29) is 6.61 Å². The van der Waals surface area contributed by atoms with Crippen LogP contribution in [0.1, 0.15) is 19.8 Å². The summed E-state index contributed by atoms with van der Waals surface area (Å²) >= 11 is 0. The lowest BCUT2D eigenvalue weighted by molar-refractivity contribution is 0.146. The Bertz CT molecular complexity index is 277. The molecule has 1 heterocycles. The van der Waals surface area contributed by atoms with Gasteiger partial charge in [0.25, 0.3) is 0 Å². The normalized spacial score (nSPS) is 14.8. The van der Waals surface area contributed by atoms with Crippen molar-refractivity contribution in [2.45, 2.75) is 32.4 Å². The number of aliphatic hydroxyl groups excluding tert-OH is 2. The third kappa shape index (κ3) is 6.41. The highest BCUT2D eigenvalue weighted by Gasteiger charge is 2.05. The van der Waals surface area contributed by atoms with Crippen molar-refractivity contribution in [1.82, 2.24) is 15.1 Å². The number of rotatable bonds is 9. The van der Waals surface area contributed by atoms with Gasteiger partial charge in [0.2, 0.25) is 0 Å². The smallest absolute Gasteiger partial charge is 0.0860 e. The summed E-state index contributed by atoms with van der Waals surface area (Å²) in [4.78, 5) is 0. The molecule has 17 heavy (non-hydrogen) atoms. The molecule has 1 aromatic rings. The summed E-state index contributed by atoms with van der Waals surface area (Å²) in [7, 11) is 0. The van der Waals surface area contributed by atoms with Crippen LogP contribution in [0.2, 0.25) is 0 Å². The zero-order chi connectivity index (χ0) is 12.5. The van der Waals surface area contributed by atoms with Gasteiger partial charge in [0.1, 0.15) is 0 Å². The highest BCUT2D eigenvalue weighted by atomic mass is 16.3. The molecule has 98 valence electrons. The molecule has 0 saturated carbocycles. The Labute approximate surface area is 102 Å². The monoisotopic (exact) mass is 241 g/mol. The zero-order valence-corrected chi connectivity index (χ0v) is 10.4. The van der Waals surface area contributed by atoms with Crippen LogP contribution in [0.5, 0.6) is 0 Å². The molecule has 0 aliphatic rings. The van der Waals surface area contributed by atoms with Gasteiger partial charge in [-0.3, -0.25) is 4.68 Å². The van der Waals surface area contributed by atoms with Crippen LogP contribution in [0.4, 0.5) is 0 Å². The standard InChI is InChI=1S/C12H23N3O2/c1-11(10-16)4-2-5-13-8-12(17)9-15-7-3-6-14-15/h3,6-7,11-13,16-17H,2,4-5,8-10H2,1H3. The fourth-order valence-corrected chi connectivity index (χ4v) is 1.62. The Kier molecular flexibility index (Phi) is 6.84. The van der Waals surface area contributed by atoms with Crippen molar-refractivity contribution in [1.29, 1.82) is 0 Å². The van der Waals surface area contributed by atoms with E-state index in [1.54, 1.807) is 10.9 Å². The molecule has 5 nitrogen and oxygen atoms in total. The summed E-state index contributed by atoms with van der Waals surface area (Å²) in [6.45, 7) is 4.26. The van der Waals surface area contributed by atoms with E-state index in [0.29, 0.717) is 19.0 Å². The van der Waals surface area contributed by atoms with Crippen LogP contribution >= 0.6 is 0 Å². The summed E-state index contributed by atoms with van der Waals surface area (Å²) in [6.07, 6.45) is 5.17. The van der Waals surface area contributed by atoms with Crippen LogP contribution in [0.3, 0.4) is 0 Å². The Hall–Kier alpha value is -0.910. The molecule has 0 saturated heterocycles. The maximum absolute atomic E-state index is 9.71. The van der Waals surface area contributed by atoms with Gasteiger partial charge in [-0.15, -0.1) is 0 Å². The lowest BCUT2D eigenvalue weighted by atomic mass is 10.1. The van der Waals surface area contributed by atoms with Gasteiger partial charge in [-0.25, -0.2) is 0 Å². The van der Waals surface area contributed by atoms with Crippen molar-refractivity contribution < 1.29 is 10.2 Å². The first-order chi connectivity index (χ1) is 8.22. The largest absolute Gasteiger partial charge is 0.396 e. The van der Waals surface area contributed by atoms with E-state index in [1.165, 1.54) is 0 Å². The minimum atomic E-state index is -0.412. The Morgan fingerprint density at radius 1 is 1.47 bits per heavy atom. The van der Waals surface area contributed by atoms with Gasteiger partial charge < -0.3 is 15.5 Å². The van der Waals surface area contributed by atoms with Crippen LogP contribution in [0, 0.1) is 5.92 Å². The molecule has 0 bridgehead atoms. The molecule has 2 atom stereocenters. The minimum Gasteiger partial charge on any atom is -0.396 e. The van der Waals surface area contributed by atoms with Crippen molar-refractivity contribution in [2.75, 3.05) is 19.7 Å². The van der Waals surface area contributed by atoms with E-state index in [9.17, 15) is 5.11 Å². The maximum atomic E-state index is 9.71. The molecule has 0 aliphatic carbocycles. The number of nitrogens with one attached hydrogen (secondary N) is 1. The predicted octanol–water partition coefficient (Wildman–Crippen LogP) is 0.242. The van der Waals surface area contributed by atoms with Crippen molar-refractivity contribution in [3.05, 3.63) is 18.5 Å². The van der Waals surface area contributed by atoms with Crippen molar-refractivity contribution >= 4 is 0 Å².